The molecule has 2 N–H and O–H groups in total. The van der Waals surface area contributed by atoms with E-state index < -0.39 is 0 Å². The van der Waals surface area contributed by atoms with Crippen LogP contribution in [-0.4, -0.2) is 25.2 Å². The van der Waals surface area contributed by atoms with Crippen molar-refractivity contribution in [1.29, 1.82) is 0 Å². The Hall–Kier alpha value is -0.0800. The average Bonchev–Trinajstić information content (AvgIpc) is 1.97. The molecule has 0 bridgehead atoms. The van der Waals surface area contributed by atoms with Crippen molar-refractivity contribution in [2.24, 2.45) is 0 Å². The highest BCUT2D eigenvalue weighted by molar-refractivity contribution is 4.73. The van der Waals surface area contributed by atoms with Crippen molar-refractivity contribution in [2.45, 2.75) is 32.4 Å². The second-order valence-electron chi connectivity index (χ2n) is 2.95. The lowest BCUT2D eigenvalue weighted by Gasteiger charge is -2.09. The van der Waals surface area contributed by atoms with Gasteiger partial charge < -0.3 is 10.6 Å². The smallest absolute Gasteiger partial charge is 0.0164 e. The van der Waals surface area contributed by atoms with Crippen LogP contribution in [0.4, 0.5) is 0 Å². The Bertz CT molecular complexity index is 73.0. The predicted octanol–water partition coefficient (Wildman–Crippen LogP) is 0.346. The summed E-state index contributed by atoms with van der Waals surface area (Å²) in [6, 6.07) is 1.34. The van der Waals surface area contributed by atoms with Crippen LogP contribution in [0.25, 0.3) is 0 Å². The Kier molecular flexibility index (Phi) is 2.49. The molecule has 54 valence electrons. The summed E-state index contributed by atoms with van der Waals surface area (Å²) in [6.45, 7) is 6.72. The second kappa shape index (κ2) is 3.18. The molecule has 2 unspecified atom stereocenters. The van der Waals surface area contributed by atoms with Gasteiger partial charge >= 0.3 is 0 Å². The van der Waals surface area contributed by atoms with E-state index in [4.69, 9.17) is 0 Å². The quantitative estimate of drug-likeness (QED) is 0.492. The van der Waals surface area contributed by atoms with E-state index in [0.29, 0.717) is 12.1 Å². The van der Waals surface area contributed by atoms with Crippen LogP contribution in [0.1, 0.15) is 20.3 Å². The molecule has 1 saturated heterocycles. The van der Waals surface area contributed by atoms with Gasteiger partial charge in [0.25, 0.3) is 0 Å². The van der Waals surface area contributed by atoms with Gasteiger partial charge in [-0.15, -0.1) is 0 Å². The lowest BCUT2D eigenvalue weighted by molar-refractivity contribution is 0.540. The lowest BCUT2D eigenvalue weighted by atomic mass is 10.2. The van der Waals surface area contributed by atoms with E-state index in [1.807, 2.05) is 0 Å². The SMILES string of the molecule is CC1CCNC(C)CN1. The third-order valence-electron chi connectivity index (χ3n) is 1.84. The van der Waals surface area contributed by atoms with Gasteiger partial charge in [-0.05, 0) is 26.8 Å². The van der Waals surface area contributed by atoms with Crippen molar-refractivity contribution < 1.29 is 0 Å². The Labute approximate surface area is 57.0 Å². The fourth-order valence-electron chi connectivity index (χ4n) is 1.10. The van der Waals surface area contributed by atoms with Crippen molar-refractivity contribution >= 4 is 0 Å². The summed E-state index contributed by atoms with van der Waals surface area (Å²) in [4.78, 5) is 0. The summed E-state index contributed by atoms with van der Waals surface area (Å²) in [7, 11) is 0. The molecule has 1 aliphatic heterocycles. The summed E-state index contributed by atoms with van der Waals surface area (Å²) in [6.07, 6.45) is 1.25. The molecule has 0 saturated carbocycles. The van der Waals surface area contributed by atoms with Gasteiger partial charge in [0.1, 0.15) is 0 Å². The highest BCUT2D eigenvalue weighted by Gasteiger charge is 2.09. The minimum absolute atomic E-state index is 0.648. The van der Waals surface area contributed by atoms with E-state index in [2.05, 4.69) is 24.5 Å². The maximum Gasteiger partial charge on any atom is 0.0164 e. The number of rotatable bonds is 0. The first-order valence-electron chi connectivity index (χ1n) is 3.76. The fourth-order valence-corrected chi connectivity index (χ4v) is 1.10. The van der Waals surface area contributed by atoms with Crippen molar-refractivity contribution in [3.63, 3.8) is 0 Å². The highest BCUT2D eigenvalue weighted by atomic mass is 15.0. The third kappa shape index (κ3) is 2.33. The van der Waals surface area contributed by atoms with Crippen LogP contribution in [0.3, 0.4) is 0 Å². The zero-order chi connectivity index (χ0) is 6.69. The highest BCUT2D eigenvalue weighted by Crippen LogP contribution is 1.94. The molecule has 1 heterocycles. The van der Waals surface area contributed by atoms with E-state index in [9.17, 15) is 0 Å². The molecule has 0 aromatic rings. The molecule has 0 aliphatic carbocycles. The molecule has 0 amide bonds. The van der Waals surface area contributed by atoms with E-state index in [-0.39, 0.29) is 0 Å². The van der Waals surface area contributed by atoms with Gasteiger partial charge in [-0.1, -0.05) is 0 Å². The lowest BCUT2D eigenvalue weighted by Crippen LogP contribution is -2.33. The molecule has 2 heteroatoms. The van der Waals surface area contributed by atoms with Crippen LogP contribution in [-0.2, 0) is 0 Å². The van der Waals surface area contributed by atoms with Crippen LogP contribution < -0.4 is 10.6 Å². The third-order valence-corrected chi connectivity index (χ3v) is 1.84. The molecule has 9 heavy (non-hydrogen) atoms. The minimum atomic E-state index is 0.648. The molecular formula is C7H16N2. The Morgan fingerprint density at radius 1 is 1.11 bits per heavy atom. The molecule has 1 aliphatic rings. The normalized spacial score (nSPS) is 38.0. The molecule has 0 aromatic heterocycles. The Balaban J connectivity index is 2.25. The van der Waals surface area contributed by atoms with E-state index in [1.54, 1.807) is 0 Å². The summed E-state index contributed by atoms with van der Waals surface area (Å²) >= 11 is 0. The number of nitrogens with one attached hydrogen (secondary N) is 2. The predicted molar refractivity (Wildman–Crippen MR) is 39.5 cm³/mol. The van der Waals surface area contributed by atoms with Gasteiger partial charge in [-0.25, -0.2) is 0 Å². The average molecular weight is 128 g/mol. The molecule has 0 radical (unpaired) electrons. The zero-order valence-electron chi connectivity index (χ0n) is 6.28. The monoisotopic (exact) mass is 128 g/mol. The van der Waals surface area contributed by atoms with Crippen molar-refractivity contribution in [2.75, 3.05) is 13.1 Å². The fraction of sp³-hybridized carbons (Fsp3) is 1.00. The Morgan fingerprint density at radius 3 is 2.67 bits per heavy atom. The van der Waals surface area contributed by atoms with Gasteiger partial charge in [-0.2, -0.15) is 0 Å². The van der Waals surface area contributed by atoms with Gasteiger partial charge in [0.15, 0.2) is 0 Å². The number of hydrogen-bond acceptors (Lipinski definition) is 2. The summed E-state index contributed by atoms with van der Waals surface area (Å²) in [5.74, 6) is 0. The van der Waals surface area contributed by atoms with Crippen molar-refractivity contribution in [3.8, 4) is 0 Å². The van der Waals surface area contributed by atoms with Crippen molar-refractivity contribution in [3.05, 3.63) is 0 Å². The van der Waals surface area contributed by atoms with Gasteiger partial charge in [-0.3, -0.25) is 0 Å². The first kappa shape index (κ1) is 7.03. The van der Waals surface area contributed by atoms with Gasteiger partial charge in [0.2, 0.25) is 0 Å². The molecule has 0 aromatic carbocycles. The largest absolute Gasteiger partial charge is 0.313 e. The first-order chi connectivity index (χ1) is 4.29. The summed E-state index contributed by atoms with van der Waals surface area (Å²) < 4.78 is 0. The van der Waals surface area contributed by atoms with Crippen LogP contribution >= 0.6 is 0 Å². The zero-order valence-corrected chi connectivity index (χ0v) is 6.28. The topological polar surface area (TPSA) is 24.1 Å². The van der Waals surface area contributed by atoms with Crippen LogP contribution in [0, 0.1) is 0 Å². The standard InChI is InChI=1S/C7H16N2/c1-6-3-4-8-7(2)5-9-6/h6-9H,3-5H2,1-2H3. The maximum atomic E-state index is 3.43. The molecular weight excluding hydrogens is 112 g/mol. The molecule has 1 rings (SSSR count). The van der Waals surface area contributed by atoms with Crippen molar-refractivity contribution in [1.82, 2.24) is 10.6 Å². The molecule has 2 atom stereocenters. The first-order valence-corrected chi connectivity index (χ1v) is 3.76. The maximum absolute atomic E-state index is 3.43. The van der Waals surface area contributed by atoms with E-state index in [1.165, 1.54) is 6.42 Å². The van der Waals surface area contributed by atoms with Crippen LogP contribution in [0.5, 0.6) is 0 Å². The Morgan fingerprint density at radius 2 is 1.89 bits per heavy atom. The van der Waals surface area contributed by atoms with Gasteiger partial charge in [0.05, 0.1) is 0 Å². The van der Waals surface area contributed by atoms with Crippen LogP contribution in [0.2, 0.25) is 0 Å². The molecule has 2 nitrogen and oxygen atoms in total. The number of hydrogen-bond donors (Lipinski definition) is 2. The van der Waals surface area contributed by atoms with Gasteiger partial charge in [0, 0.05) is 18.6 Å². The molecule has 0 spiro atoms. The summed E-state index contributed by atoms with van der Waals surface area (Å²) in [5.41, 5.74) is 0. The second-order valence-corrected chi connectivity index (χ2v) is 2.95. The van der Waals surface area contributed by atoms with E-state index >= 15 is 0 Å². The van der Waals surface area contributed by atoms with E-state index in [0.717, 1.165) is 13.1 Å². The molecule has 1 fully saturated rings. The minimum Gasteiger partial charge on any atom is -0.313 e. The summed E-state index contributed by atoms with van der Waals surface area (Å²) in [5, 5.41) is 6.84. The van der Waals surface area contributed by atoms with Crippen LogP contribution in [0.15, 0.2) is 0 Å².